The van der Waals surface area contributed by atoms with Crippen molar-refractivity contribution in [1.82, 2.24) is 19.5 Å². The third-order valence-corrected chi connectivity index (χ3v) is 4.00. The van der Waals surface area contributed by atoms with Crippen LogP contribution >= 0.6 is 0 Å². The molecule has 0 atom stereocenters. The summed E-state index contributed by atoms with van der Waals surface area (Å²) < 4.78 is 28.6. The minimum Gasteiger partial charge on any atom is -0.383 e. The molecule has 0 unspecified atom stereocenters. The molecule has 2 aromatic rings. The maximum Gasteiger partial charge on any atom is 0.260 e. The Kier molecular flexibility index (Phi) is 4.70. The smallest absolute Gasteiger partial charge is 0.260 e. The highest BCUT2D eigenvalue weighted by Gasteiger charge is 2.19. The molecule has 7 nitrogen and oxygen atoms in total. The summed E-state index contributed by atoms with van der Waals surface area (Å²) in [4.78, 5) is 3.95. The number of sulfonamides is 1. The molecule has 0 aliphatic rings. The maximum atomic E-state index is 12.2. The number of hydrogen-bond donors (Lipinski definition) is 2. The van der Waals surface area contributed by atoms with E-state index in [1.807, 2.05) is 6.92 Å². The zero-order valence-electron chi connectivity index (χ0n) is 11.2. The lowest BCUT2D eigenvalue weighted by Crippen LogP contribution is -2.29. The molecule has 2 N–H and O–H groups in total. The normalized spacial score (nSPS) is 11.4. The summed E-state index contributed by atoms with van der Waals surface area (Å²) in [5.41, 5.74) is 0.501. The summed E-state index contributed by atoms with van der Waals surface area (Å²) in [6.45, 7) is 3.25. The Balaban J connectivity index is 2.06. The first kappa shape index (κ1) is 14.5. The molecule has 0 aromatic carbocycles. The lowest BCUT2D eigenvalue weighted by Gasteiger charge is -2.11. The number of aromatic nitrogens is 3. The van der Waals surface area contributed by atoms with Crippen LogP contribution < -0.4 is 10.0 Å². The van der Waals surface area contributed by atoms with Crippen LogP contribution in [0.4, 0.5) is 5.69 Å². The van der Waals surface area contributed by atoms with E-state index < -0.39 is 10.0 Å². The molecular formula is C12H17N5O2S. The van der Waals surface area contributed by atoms with Crippen molar-refractivity contribution in [3.8, 4) is 0 Å². The van der Waals surface area contributed by atoms with Crippen LogP contribution in [-0.4, -0.2) is 36.3 Å². The maximum absolute atomic E-state index is 12.2. The molecule has 0 aliphatic heterocycles. The first-order valence-corrected chi connectivity index (χ1v) is 7.78. The third kappa shape index (κ3) is 3.55. The van der Waals surface area contributed by atoms with Crippen molar-refractivity contribution < 1.29 is 8.42 Å². The fraction of sp³-hybridized carbons (Fsp3) is 0.333. The molecule has 20 heavy (non-hydrogen) atoms. The molecule has 8 heteroatoms. The van der Waals surface area contributed by atoms with Crippen LogP contribution in [-0.2, 0) is 16.6 Å². The van der Waals surface area contributed by atoms with E-state index in [0.29, 0.717) is 18.8 Å². The molecule has 0 saturated heterocycles. The Morgan fingerprint density at radius 1 is 1.30 bits per heavy atom. The van der Waals surface area contributed by atoms with Gasteiger partial charge in [-0.2, -0.15) is 5.10 Å². The molecule has 0 amide bonds. The quantitative estimate of drug-likeness (QED) is 0.784. The lowest BCUT2D eigenvalue weighted by atomic mass is 10.4. The van der Waals surface area contributed by atoms with Gasteiger partial charge in [0, 0.05) is 31.7 Å². The Hall–Kier alpha value is -1.93. The van der Waals surface area contributed by atoms with Crippen LogP contribution in [0.3, 0.4) is 0 Å². The van der Waals surface area contributed by atoms with Gasteiger partial charge in [-0.3, -0.25) is 4.68 Å². The number of rotatable bonds is 7. The van der Waals surface area contributed by atoms with Crippen LogP contribution in [0.5, 0.6) is 0 Å². The molecule has 2 rings (SSSR count). The van der Waals surface area contributed by atoms with Gasteiger partial charge in [-0.25, -0.2) is 18.1 Å². The van der Waals surface area contributed by atoms with Gasteiger partial charge in [0.15, 0.2) is 5.03 Å². The van der Waals surface area contributed by atoms with Gasteiger partial charge >= 0.3 is 0 Å². The van der Waals surface area contributed by atoms with Gasteiger partial charge in [0.1, 0.15) is 0 Å². The van der Waals surface area contributed by atoms with Crippen molar-refractivity contribution in [1.29, 1.82) is 0 Å². The van der Waals surface area contributed by atoms with E-state index in [2.05, 4.69) is 20.1 Å². The third-order valence-electron chi connectivity index (χ3n) is 2.59. The summed E-state index contributed by atoms with van der Waals surface area (Å²) in [5, 5.41) is 7.01. The van der Waals surface area contributed by atoms with Crippen molar-refractivity contribution in [3.63, 3.8) is 0 Å². The molecule has 0 aliphatic carbocycles. The number of pyridine rings is 1. The molecule has 2 aromatic heterocycles. The summed E-state index contributed by atoms with van der Waals surface area (Å²) in [7, 11) is -3.63. The van der Waals surface area contributed by atoms with Crippen molar-refractivity contribution >= 4 is 15.7 Å². The minimum atomic E-state index is -3.63. The van der Waals surface area contributed by atoms with Gasteiger partial charge in [0.05, 0.1) is 12.2 Å². The standard InChI is InChI=1S/C12H17N5O2S/c1-2-13-11-5-3-6-14-12(11)20(18,19)16-8-10-17-9-4-7-15-17/h3-7,9,13,16H,2,8,10H2,1H3. The van der Waals surface area contributed by atoms with Crippen molar-refractivity contribution in [3.05, 3.63) is 36.8 Å². The molecular weight excluding hydrogens is 278 g/mol. The Morgan fingerprint density at radius 2 is 2.15 bits per heavy atom. The number of nitrogens with one attached hydrogen (secondary N) is 2. The lowest BCUT2D eigenvalue weighted by molar-refractivity contribution is 0.558. The molecule has 0 bridgehead atoms. The fourth-order valence-electron chi connectivity index (χ4n) is 1.73. The molecule has 2 heterocycles. The van der Waals surface area contributed by atoms with Gasteiger partial charge < -0.3 is 5.32 Å². The van der Waals surface area contributed by atoms with Crippen molar-refractivity contribution in [2.24, 2.45) is 0 Å². The second-order valence-corrected chi connectivity index (χ2v) is 5.74. The molecule has 0 spiro atoms. The summed E-state index contributed by atoms with van der Waals surface area (Å²) >= 11 is 0. The van der Waals surface area contributed by atoms with Gasteiger partial charge in [0.25, 0.3) is 10.0 Å². The SMILES string of the molecule is CCNc1cccnc1S(=O)(=O)NCCn1cccn1. The zero-order valence-corrected chi connectivity index (χ0v) is 12.0. The number of hydrogen-bond acceptors (Lipinski definition) is 5. The summed E-state index contributed by atoms with van der Waals surface area (Å²) in [5.74, 6) is 0. The highest BCUT2D eigenvalue weighted by atomic mass is 32.2. The van der Waals surface area contributed by atoms with Crippen LogP contribution in [0.25, 0.3) is 0 Å². The van der Waals surface area contributed by atoms with Crippen molar-refractivity contribution in [2.75, 3.05) is 18.4 Å². The van der Waals surface area contributed by atoms with Gasteiger partial charge in [-0.1, -0.05) is 0 Å². The Morgan fingerprint density at radius 3 is 2.85 bits per heavy atom. The van der Waals surface area contributed by atoms with Crippen LogP contribution in [0.1, 0.15) is 6.92 Å². The van der Waals surface area contributed by atoms with Crippen LogP contribution in [0.15, 0.2) is 41.8 Å². The zero-order chi connectivity index (χ0) is 14.4. The van der Waals surface area contributed by atoms with E-state index in [0.717, 1.165) is 0 Å². The van der Waals surface area contributed by atoms with Crippen molar-refractivity contribution in [2.45, 2.75) is 18.5 Å². The monoisotopic (exact) mass is 295 g/mol. The van der Waals surface area contributed by atoms with E-state index in [-0.39, 0.29) is 11.6 Å². The fourth-order valence-corrected chi connectivity index (χ4v) is 2.85. The first-order chi connectivity index (χ1) is 9.63. The van der Waals surface area contributed by atoms with Gasteiger partial charge in [-0.15, -0.1) is 0 Å². The molecule has 0 saturated carbocycles. The van der Waals surface area contributed by atoms with Gasteiger partial charge in [0.2, 0.25) is 0 Å². The Labute approximate surface area is 118 Å². The highest BCUT2D eigenvalue weighted by molar-refractivity contribution is 7.89. The topological polar surface area (TPSA) is 88.9 Å². The number of nitrogens with zero attached hydrogens (tertiary/aromatic N) is 3. The predicted molar refractivity (Wildman–Crippen MR) is 75.8 cm³/mol. The average Bonchev–Trinajstić information content (AvgIpc) is 2.92. The number of anilines is 1. The van der Waals surface area contributed by atoms with E-state index in [4.69, 9.17) is 0 Å². The van der Waals surface area contributed by atoms with E-state index in [9.17, 15) is 8.42 Å². The van der Waals surface area contributed by atoms with E-state index in [1.54, 1.807) is 35.3 Å². The minimum absolute atomic E-state index is 0.0160. The molecule has 0 fully saturated rings. The second kappa shape index (κ2) is 6.49. The van der Waals surface area contributed by atoms with Crippen LogP contribution in [0.2, 0.25) is 0 Å². The van der Waals surface area contributed by atoms with Gasteiger partial charge in [-0.05, 0) is 25.1 Å². The Bertz CT molecular complexity index is 640. The van der Waals surface area contributed by atoms with Crippen LogP contribution in [0, 0.1) is 0 Å². The second-order valence-electron chi connectivity index (χ2n) is 4.05. The first-order valence-electron chi connectivity index (χ1n) is 6.29. The average molecular weight is 295 g/mol. The molecule has 108 valence electrons. The predicted octanol–water partition coefficient (Wildman–Crippen LogP) is 0.688. The largest absolute Gasteiger partial charge is 0.383 e. The van der Waals surface area contributed by atoms with E-state index >= 15 is 0 Å². The highest BCUT2D eigenvalue weighted by Crippen LogP contribution is 2.17. The summed E-state index contributed by atoms with van der Waals surface area (Å²) in [6.07, 6.45) is 4.89. The molecule has 0 radical (unpaired) electrons. The van der Waals surface area contributed by atoms with E-state index in [1.165, 1.54) is 6.20 Å². The summed E-state index contributed by atoms with van der Waals surface area (Å²) in [6, 6.07) is 5.18.